The van der Waals surface area contributed by atoms with E-state index >= 15 is 0 Å². The van der Waals surface area contributed by atoms with E-state index in [0.717, 1.165) is 0 Å². The van der Waals surface area contributed by atoms with Crippen LogP contribution in [0.3, 0.4) is 0 Å². The van der Waals surface area contributed by atoms with Crippen LogP contribution in [0.2, 0.25) is 5.15 Å². The average Bonchev–Trinajstić information content (AvgIpc) is 2.38. The fraction of sp³-hybridized carbons (Fsp3) is 0.0833. The molecule has 0 amide bonds. The van der Waals surface area contributed by atoms with Crippen molar-refractivity contribution in [2.45, 2.75) is 0 Å². The molecule has 5 heteroatoms. The average molecular weight is 249 g/mol. The molecule has 0 bridgehead atoms. The molecule has 2 rings (SSSR count). The number of carbonyl (C=O) groups is 1. The molecular weight excluding hydrogens is 240 g/mol. The molecule has 4 nitrogen and oxygen atoms in total. The van der Waals surface area contributed by atoms with Gasteiger partial charge in [0.05, 0.1) is 18.4 Å². The highest BCUT2D eigenvalue weighted by molar-refractivity contribution is 6.29. The maximum Gasteiger partial charge on any atom is 0.340 e. The van der Waals surface area contributed by atoms with Gasteiger partial charge < -0.3 is 4.74 Å². The summed E-state index contributed by atoms with van der Waals surface area (Å²) in [7, 11) is 1.32. The van der Waals surface area contributed by atoms with E-state index in [2.05, 4.69) is 14.7 Å². The second-order valence-corrected chi connectivity index (χ2v) is 3.62. The lowest BCUT2D eigenvalue weighted by Crippen LogP contribution is -2.05. The van der Waals surface area contributed by atoms with E-state index in [1.54, 1.807) is 36.5 Å². The van der Waals surface area contributed by atoms with Crippen molar-refractivity contribution in [1.82, 2.24) is 9.97 Å². The number of hydrogen-bond donors (Lipinski definition) is 0. The normalized spacial score (nSPS) is 10.0. The number of aromatic nitrogens is 2. The van der Waals surface area contributed by atoms with Crippen LogP contribution in [0.4, 0.5) is 0 Å². The van der Waals surface area contributed by atoms with E-state index in [0.29, 0.717) is 22.1 Å². The smallest absolute Gasteiger partial charge is 0.340 e. The van der Waals surface area contributed by atoms with Crippen LogP contribution in [0.5, 0.6) is 0 Å². The van der Waals surface area contributed by atoms with Gasteiger partial charge in [0, 0.05) is 6.20 Å². The molecule has 0 saturated carbocycles. The molecule has 0 radical (unpaired) electrons. The number of halogens is 1. The summed E-state index contributed by atoms with van der Waals surface area (Å²) in [6.07, 6.45) is 1.59. The summed E-state index contributed by atoms with van der Waals surface area (Å²) in [6.45, 7) is 0. The van der Waals surface area contributed by atoms with Crippen LogP contribution >= 0.6 is 11.6 Å². The number of hydrogen-bond acceptors (Lipinski definition) is 4. The lowest BCUT2D eigenvalue weighted by Gasteiger charge is -2.05. The SMILES string of the molecule is COC(=O)c1cccnc1-c1cccc(Cl)n1. The summed E-state index contributed by atoms with van der Waals surface area (Å²) >= 11 is 5.81. The van der Waals surface area contributed by atoms with Crippen molar-refractivity contribution in [2.75, 3.05) is 7.11 Å². The van der Waals surface area contributed by atoms with Gasteiger partial charge in [-0.2, -0.15) is 0 Å². The van der Waals surface area contributed by atoms with Crippen LogP contribution in [0.25, 0.3) is 11.4 Å². The summed E-state index contributed by atoms with van der Waals surface area (Å²) < 4.78 is 4.69. The predicted octanol–water partition coefficient (Wildman–Crippen LogP) is 2.58. The Morgan fingerprint density at radius 2 is 2.12 bits per heavy atom. The van der Waals surface area contributed by atoms with Gasteiger partial charge in [0.15, 0.2) is 0 Å². The first-order chi connectivity index (χ1) is 8.22. The Morgan fingerprint density at radius 3 is 2.82 bits per heavy atom. The first-order valence-electron chi connectivity index (χ1n) is 4.88. The second-order valence-electron chi connectivity index (χ2n) is 3.24. The number of nitrogens with zero attached hydrogens (tertiary/aromatic N) is 2. The number of pyridine rings is 2. The topological polar surface area (TPSA) is 52.1 Å². The van der Waals surface area contributed by atoms with Gasteiger partial charge >= 0.3 is 5.97 Å². The minimum atomic E-state index is -0.449. The number of ether oxygens (including phenoxy) is 1. The third kappa shape index (κ3) is 2.42. The summed E-state index contributed by atoms with van der Waals surface area (Å²) in [5.41, 5.74) is 1.37. The van der Waals surface area contributed by atoms with Crippen LogP contribution in [0.1, 0.15) is 10.4 Å². The van der Waals surface area contributed by atoms with Crippen LogP contribution in [0.15, 0.2) is 36.5 Å². The highest BCUT2D eigenvalue weighted by Crippen LogP contribution is 2.21. The molecule has 0 saturated heterocycles. The summed E-state index contributed by atoms with van der Waals surface area (Å²) in [5.74, 6) is -0.449. The Morgan fingerprint density at radius 1 is 1.29 bits per heavy atom. The Kier molecular flexibility index (Phi) is 3.35. The second kappa shape index (κ2) is 4.93. The van der Waals surface area contributed by atoms with Crippen LogP contribution < -0.4 is 0 Å². The van der Waals surface area contributed by atoms with E-state index < -0.39 is 5.97 Å². The van der Waals surface area contributed by atoms with Crippen molar-refractivity contribution >= 4 is 17.6 Å². The van der Waals surface area contributed by atoms with Gasteiger partial charge in [-0.15, -0.1) is 0 Å². The minimum Gasteiger partial charge on any atom is -0.465 e. The molecular formula is C12H9ClN2O2. The molecule has 0 atom stereocenters. The van der Waals surface area contributed by atoms with Gasteiger partial charge in [-0.25, -0.2) is 9.78 Å². The highest BCUT2D eigenvalue weighted by Gasteiger charge is 2.14. The maximum atomic E-state index is 11.6. The van der Waals surface area contributed by atoms with E-state index in [-0.39, 0.29) is 0 Å². The Balaban J connectivity index is 2.55. The Hall–Kier alpha value is -1.94. The Bertz CT molecular complexity index is 558. The Labute approximate surface area is 103 Å². The van der Waals surface area contributed by atoms with Crippen LogP contribution in [-0.2, 0) is 4.74 Å². The van der Waals surface area contributed by atoms with Crippen LogP contribution in [-0.4, -0.2) is 23.0 Å². The standard InChI is InChI=1S/C12H9ClN2O2/c1-17-12(16)8-4-3-7-14-11(8)9-5-2-6-10(13)15-9/h2-7H,1H3. The zero-order valence-corrected chi connectivity index (χ0v) is 9.81. The lowest BCUT2D eigenvalue weighted by molar-refractivity contribution is 0.0601. The van der Waals surface area contributed by atoms with Crippen molar-refractivity contribution < 1.29 is 9.53 Å². The molecule has 0 spiro atoms. The first-order valence-corrected chi connectivity index (χ1v) is 5.26. The van der Waals surface area contributed by atoms with E-state index in [9.17, 15) is 4.79 Å². The molecule has 2 aromatic heterocycles. The van der Waals surface area contributed by atoms with Crippen molar-refractivity contribution in [3.05, 3.63) is 47.2 Å². The van der Waals surface area contributed by atoms with Gasteiger partial charge in [0.2, 0.25) is 0 Å². The zero-order chi connectivity index (χ0) is 12.3. The quantitative estimate of drug-likeness (QED) is 0.606. The van der Waals surface area contributed by atoms with Gasteiger partial charge in [-0.05, 0) is 24.3 Å². The molecule has 0 aliphatic heterocycles. The molecule has 0 aliphatic rings. The fourth-order valence-corrected chi connectivity index (χ4v) is 1.59. The van der Waals surface area contributed by atoms with Crippen LogP contribution in [0, 0.1) is 0 Å². The molecule has 0 fully saturated rings. The molecule has 0 aliphatic carbocycles. The zero-order valence-electron chi connectivity index (χ0n) is 9.05. The molecule has 0 N–H and O–H groups in total. The minimum absolute atomic E-state index is 0.351. The molecule has 86 valence electrons. The van der Waals surface area contributed by atoms with Gasteiger partial charge in [-0.3, -0.25) is 4.98 Å². The van der Waals surface area contributed by atoms with E-state index in [4.69, 9.17) is 11.6 Å². The summed E-state index contributed by atoms with van der Waals surface area (Å²) in [6, 6.07) is 8.45. The third-order valence-corrected chi connectivity index (χ3v) is 2.38. The van der Waals surface area contributed by atoms with Crippen molar-refractivity contribution in [3.8, 4) is 11.4 Å². The van der Waals surface area contributed by atoms with Crippen molar-refractivity contribution in [3.63, 3.8) is 0 Å². The molecule has 2 aromatic rings. The molecule has 0 unspecified atom stereocenters. The number of rotatable bonds is 2. The fourth-order valence-electron chi connectivity index (χ4n) is 1.42. The van der Waals surface area contributed by atoms with Crippen molar-refractivity contribution in [1.29, 1.82) is 0 Å². The lowest BCUT2D eigenvalue weighted by atomic mass is 10.1. The molecule has 0 aromatic carbocycles. The molecule has 2 heterocycles. The van der Waals surface area contributed by atoms with Gasteiger partial charge in [-0.1, -0.05) is 17.7 Å². The number of carbonyl (C=O) groups excluding carboxylic acids is 1. The number of methoxy groups -OCH3 is 1. The highest BCUT2D eigenvalue weighted by atomic mass is 35.5. The molecule has 17 heavy (non-hydrogen) atoms. The monoisotopic (exact) mass is 248 g/mol. The van der Waals surface area contributed by atoms with E-state index in [1.165, 1.54) is 7.11 Å². The van der Waals surface area contributed by atoms with E-state index in [1.807, 2.05) is 0 Å². The van der Waals surface area contributed by atoms with Crippen molar-refractivity contribution in [2.24, 2.45) is 0 Å². The van der Waals surface area contributed by atoms with Gasteiger partial charge in [0.1, 0.15) is 10.8 Å². The summed E-state index contributed by atoms with van der Waals surface area (Å²) in [5, 5.41) is 0.351. The third-order valence-electron chi connectivity index (χ3n) is 2.17. The predicted molar refractivity (Wildman–Crippen MR) is 63.8 cm³/mol. The largest absolute Gasteiger partial charge is 0.465 e. The van der Waals surface area contributed by atoms with Gasteiger partial charge in [0.25, 0.3) is 0 Å². The maximum absolute atomic E-state index is 11.6. The summed E-state index contributed by atoms with van der Waals surface area (Å²) in [4.78, 5) is 19.8. The number of esters is 1. The first kappa shape index (κ1) is 11.5.